The summed E-state index contributed by atoms with van der Waals surface area (Å²) in [6.45, 7) is 8.45. The Bertz CT molecular complexity index is 1370. The van der Waals surface area contributed by atoms with Gasteiger partial charge in [0.1, 0.15) is 6.54 Å². The molecule has 3 rings (SSSR count). The van der Waals surface area contributed by atoms with E-state index in [9.17, 15) is 9.59 Å². The number of anilines is 2. The summed E-state index contributed by atoms with van der Waals surface area (Å²) in [5.41, 5.74) is 15.8. The van der Waals surface area contributed by atoms with Crippen molar-refractivity contribution < 1.29 is 14.7 Å². The molecule has 0 aliphatic carbocycles. The van der Waals surface area contributed by atoms with E-state index in [0.29, 0.717) is 41.4 Å². The van der Waals surface area contributed by atoms with E-state index in [1.54, 1.807) is 37.3 Å². The highest BCUT2D eigenvalue weighted by molar-refractivity contribution is 5.97. The minimum atomic E-state index is -0.411. The number of amides is 1. The van der Waals surface area contributed by atoms with Crippen molar-refractivity contribution >= 4 is 23.2 Å². The van der Waals surface area contributed by atoms with E-state index in [1.165, 1.54) is 4.57 Å². The molecule has 0 aliphatic heterocycles. The maximum Gasteiger partial charge on any atom is 0.294 e. The average molecular weight is 522 g/mol. The number of nitrogens with two attached hydrogens (primary N) is 2. The number of hydrogen-bond acceptors (Lipinski definition) is 8. The molecule has 7 N–H and O–H groups in total. The van der Waals surface area contributed by atoms with Crippen LogP contribution in [0.25, 0.3) is 11.3 Å². The fraction of sp³-hybridized carbons (Fsp3) is 0.333. The van der Waals surface area contributed by atoms with Gasteiger partial charge in [0.25, 0.3) is 5.56 Å². The van der Waals surface area contributed by atoms with Crippen LogP contribution in [-0.4, -0.2) is 39.1 Å². The molecule has 0 bridgehead atoms. The monoisotopic (exact) mass is 521 g/mol. The molecule has 0 saturated heterocycles. The van der Waals surface area contributed by atoms with Crippen LogP contribution in [0, 0.1) is 6.92 Å². The summed E-state index contributed by atoms with van der Waals surface area (Å²) in [5, 5.41) is 17.7. The van der Waals surface area contributed by atoms with Gasteiger partial charge < -0.3 is 32.0 Å². The van der Waals surface area contributed by atoms with E-state index in [1.807, 2.05) is 32.9 Å². The second-order valence-corrected chi connectivity index (χ2v) is 9.14. The number of oxime groups is 1. The Labute approximate surface area is 221 Å². The second-order valence-electron chi connectivity index (χ2n) is 9.14. The zero-order valence-corrected chi connectivity index (χ0v) is 22.1. The molecule has 38 heavy (non-hydrogen) atoms. The molecule has 11 nitrogen and oxygen atoms in total. The maximum absolute atomic E-state index is 13.5. The third-order valence-electron chi connectivity index (χ3n) is 5.68. The highest BCUT2D eigenvalue weighted by Gasteiger charge is 2.19. The molecular formula is C27H35N7O4. The molecule has 0 spiro atoms. The summed E-state index contributed by atoms with van der Waals surface area (Å²) in [6.07, 6.45) is 0. The number of carbonyl (C=O) groups is 1. The maximum atomic E-state index is 13.5. The lowest BCUT2D eigenvalue weighted by atomic mass is 10.0. The third kappa shape index (κ3) is 7.10. The number of nitrogens with zero attached hydrogens (tertiary/aromatic N) is 3. The standard InChI is InChI=1S/C27H35N7O4/c1-5-38-15-19-10-21(12-22(28)11-19)24-17(4)32-26(31-16(2)3)27(36)34(24)14-23(35)30-13-18-6-8-20(9-7-18)25(29)33-37/h6-12,16,37H,5,13-15,28H2,1-4H3,(H2,29,33)(H,30,35)(H,31,32). The van der Waals surface area contributed by atoms with E-state index in [4.69, 9.17) is 21.4 Å². The Hall–Kier alpha value is -4.38. The second kappa shape index (κ2) is 12.7. The SMILES string of the molecule is CCOCc1cc(N)cc(-c2c(C)nc(NC(C)C)c(=O)n2CC(=O)NCc2ccc(/C(N)=N/O)cc2)c1. The van der Waals surface area contributed by atoms with Gasteiger partial charge in [0.15, 0.2) is 11.7 Å². The summed E-state index contributed by atoms with van der Waals surface area (Å²) < 4.78 is 6.96. The number of benzene rings is 2. The lowest BCUT2D eigenvalue weighted by molar-refractivity contribution is -0.121. The van der Waals surface area contributed by atoms with Crippen LogP contribution in [-0.2, 0) is 29.2 Å². The van der Waals surface area contributed by atoms with Crippen molar-refractivity contribution in [1.29, 1.82) is 0 Å². The van der Waals surface area contributed by atoms with Crippen LogP contribution in [0.2, 0.25) is 0 Å². The molecule has 0 atom stereocenters. The van der Waals surface area contributed by atoms with Crippen LogP contribution < -0.4 is 27.7 Å². The van der Waals surface area contributed by atoms with E-state index >= 15 is 0 Å². The van der Waals surface area contributed by atoms with Gasteiger partial charge in [-0.25, -0.2) is 4.98 Å². The minimum absolute atomic E-state index is 0.00248. The highest BCUT2D eigenvalue weighted by atomic mass is 16.5. The predicted octanol–water partition coefficient (Wildman–Crippen LogP) is 2.57. The summed E-state index contributed by atoms with van der Waals surface area (Å²) in [7, 11) is 0. The van der Waals surface area contributed by atoms with Crippen molar-refractivity contribution in [3.05, 3.63) is 75.2 Å². The van der Waals surface area contributed by atoms with Crippen LogP contribution in [0.5, 0.6) is 0 Å². The minimum Gasteiger partial charge on any atom is -0.409 e. The molecule has 0 unspecified atom stereocenters. The van der Waals surface area contributed by atoms with Gasteiger partial charge in [0.2, 0.25) is 5.91 Å². The van der Waals surface area contributed by atoms with Crippen molar-refractivity contribution in [2.24, 2.45) is 10.9 Å². The van der Waals surface area contributed by atoms with Crippen molar-refractivity contribution in [3.8, 4) is 11.3 Å². The number of nitrogen functional groups attached to an aromatic ring is 1. The van der Waals surface area contributed by atoms with E-state index in [2.05, 4.69) is 20.8 Å². The first-order chi connectivity index (χ1) is 18.1. The van der Waals surface area contributed by atoms with E-state index in [-0.39, 0.29) is 36.7 Å². The van der Waals surface area contributed by atoms with Gasteiger partial charge in [-0.2, -0.15) is 0 Å². The van der Waals surface area contributed by atoms with Crippen LogP contribution >= 0.6 is 0 Å². The first-order valence-corrected chi connectivity index (χ1v) is 12.3. The number of hydrogen-bond donors (Lipinski definition) is 5. The van der Waals surface area contributed by atoms with Crippen LogP contribution in [0.4, 0.5) is 11.5 Å². The van der Waals surface area contributed by atoms with Gasteiger partial charge in [-0.3, -0.25) is 14.2 Å². The lowest BCUT2D eigenvalue weighted by Gasteiger charge is -2.19. The largest absolute Gasteiger partial charge is 0.409 e. The van der Waals surface area contributed by atoms with Crippen molar-refractivity contribution in [2.75, 3.05) is 17.7 Å². The summed E-state index contributed by atoms with van der Waals surface area (Å²) >= 11 is 0. The molecule has 0 saturated carbocycles. The quantitative estimate of drug-likeness (QED) is 0.0843. The van der Waals surface area contributed by atoms with Gasteiger partial charge in [-0.1, -0.05) is 29.4 Å². The lowest BCUT2D eigenvalue weighted by Crippen LogP contribution is -2.35. The summed E-state index contributed by atoms with van der Waals surface area (Å²) in [5.74, 6) is -0.183. The predicted molar refractivity (Wildman–Crippen MR) is 148 cm³/mol. The van der Waals surface area contributed by atoms with Crippen molar-refractivity contribution in [3.63, 3.8) is 0 Å². The fourth-order valence-corrected chi connectivity index (χ4v) is 3.99. The van der Waals surface area contributed by atoms with Crippen LogP contribution in [0.15, 0.2) is 52.4 Å². The Balaban J connectivity index is 1.94. The van der Waals surface area contributed by atoms with Gasteiger partial charge in [-0.15, -0.1) is 0 Å². The first-order valence-electron chi connectivity index (χ1n) is 12.3. The zero-order chi connectivity index (χ0) is 27.8. The highest BCUT2D eigenvalue weighted by Crippen LogP contribution is 2.26. The third-order valence-corrected chi connectivity index (χ3v) is 5.68. The molecule has 1 aromatic heterocycles. The number of carbonyl (C=O) groups excluding carboxylic acids is 1. The van der Waals surface area contributed by atoms with Crippen LogP contribution in [0.1, 0.15) is 43.2 Å². The first kappa shape index (κ1) is 28.2. The molecule has 0 aliphatic rings. The Kier molecular flexibility index (Phi) is 9.44. The van der Waals surface area contributed by atoms with Crippen LogP contribution in [0.3, 0.4) is 0 Å². The molecule has 0 radical (unpaired) electrons. The average Bonchev–Trinajstić information content (AvgIpc) is 2.88. The molecule has 11 heteroatoms. The Morgan fingerprint density at radius 1 is 1.18 bits per heavy atom. The van der Waals surface area contributed by atoms with Gasteiger partial charge in [-0.05, 0) is 57.0 Å². The fourth-order valence-electron chi connectivity index (χ4n) is 3.99. The molecule has 2 aromatic carbocycles. The van der Waals surface area contributed by atoms with Crippen molar-refractivity contribution in [2.45, 2.75) is 53.4 Å². The number of rotatable bonds is 11. The Morgan fingerprint density at radius 2 is 1.89 bits per heavy atom. The van der Waals surface area contributed by atoms with Crippen molar-refractivity contribution in [1.82, 2.24) is 14.9 Å². The van der Waals surface area contributed by atoms with E-state index < -0.39 is 5.56 Å². The number of amidine groups is 1. The number of nitrogens with one attached hydrogen (secondary N) is 2. The normalized spacial score (nSPS) is 11.6. The molecule has 1 heterocycles. The summed E-state index contributed by atoms with van der Waals surface area (Å²) in [4.78, 5) is 31.0. The molecule has 3 aromatic rings. The molecule has 1 amide bonds. The summed E-state index contributed by atoms with van der Waals surface area (Å²) in [6, 6.07) is 12.3. The molecule has 0 fully saturated rings. The van der Waals surface area contributed by atoms with Gasteiger partial charge >= 0.3 is 0 Å². The number of aromatic nitrogens is 2. The number of aryl methyl sites for hydroxylation is 1. The molecule has 202 valence electrons. The Morgan fingerprint density at radius 3 is 2.53 bits per heavy atom. The van der Waals surface area contributed by atoms with Gasteiger partial charge in [0.05, 0.1) is 18.0 Å². The van der Waals surface area contributed by atoms with Gasteiger partial charge in [0, 0.05) is 36.0 Å². The number of ether oxygens (including phenoxy) is 1. The smallest absolute Gasteiger partial charge is 0.294 e. The molecular weight excluding hydrogens is 486 g/mol. The zero-order valence-electron chi connectivity index (χ0n) is 22.1. The van der Waals surface area contributed by atoms with E-state index in [0.717, 1.165) is 11.1 Å². The topological polar surface area (TPSA) is 170 Å².